The zero-order valence-electron chi connectivity index (χ0n) is 8.57. The van der Waals surface area contributed by atoms with E-state index in [0.717, 1.165) is 12.1 Å². The molecule has 0 saturated heterocycles. The Bertz CT molecular complexity index is 209. The van der Waals surface area contributed by atoms with Crippen LogP contribution >= 0.6 is 0 Å². The molecular weight excluding hydrogens is 146 g/mol. The highest BCUT2D eigenvalue weighted by molar-refractivity contribution is 5.28. The number of hydrogen-bond acceptors (Lipinski definition) is 1. The monoisotopic (exact) mass is 165 g/mol. The number of nitrogens with one attached hydrogen (secondary N) is 1. The van der Waals surface area contributed by atoms with Crippen LogP contribution in [0.2, 0.25) is 0 Å². The van der Waals surface area contributed by atoms with Crippen LogP contribution in [0.25, 0.3) is 0 Å². The molecule has 0 unspecified atom stereocenters. The van der Waals surface area contributed by atoms with E-state index in [1.165, 1.54) is 11.3 Å². The summed E-state index contributed by atoms with van der Waals surface area (Å²) in [6.07, 6.45) is 4.16. The van der Waals surface area contributed by atoms with Gasteiger partial charge in [0.05, 0.1) is 0 Å². The van der Waals surface area contributed by atoms with E-state index >= 15 is 0 Å². The molecule has 12 heavy (non-hydrogen) atoms. The van der Waals surface area contributed by atoms with Gasteiger partial charge in [-0.25, -0.2) is 0 Å². The highest BCUT2D eigenvalue weighted by Crippen LogP contribution is 2.05. The van der Waals surface area contributed by atoms with Gasteiger partial charge in [0.25, 0.3) is 0 Å². The van der Waals surface area contributed by atoms with E-state index < -0.39 is 0 Å². The molecule has 68 valence electrons. The van der Waals surface area contributed by atoms with E-state index in [4.69, 9.17) is 0 Å². The van der Waals surface area contributed by atoms with Crippen molar-refractivity contribution in [1.82, 2.24) is 5.32 Å². The molecule has 0 atom stereocenters. The van der Waals surface area contributed by atoms with Crippen LogP contribution in [0.15, 0.2) is 35.6 Å². The maximum Gasteiger partial charge on any atom is 0.0115 e. The van der Waals surface area contributed by atoms with E-state index in [1.807, 2.05) is 6.92 Å². The second-order valence-corrected chi connectivity index (χ2v) is 3.01. The number of hydrogen-bond donors (Lipinski definition) is 1. The fourth-order valence-electron chi connectivity index (χ4n) is 0.730. The van der Waals surface area contributed by atoms with Gasteiger partial charge >= 0.3 is 0 Å². The lowest BCUT2D eigenvalue weighted by molar-refractivity contribution is 0.854. The van der Waals surface area contributed by atoms with E-state index in [9.17, 15) is 0 Å². The zero-order valence-corrected chi connectivity index (χ0v) is 8.57. The molecule has 0 aliphatic carbocycles. The molecule has 1 heteroatoms. The van der Waals surface area contributed by atoms with E-state index in [1.54, 1.807) is 0 Å². The maximum atomic E-state index is 3.86. The van der Waals surface area contributed by atoms with Crippen molar-refractivity contribution in [2.45, 2.75) is 27.7 Å². The van der Waals surface area contributed by atoms with Crippen molar-refractivity contribution >= 4 is 0 Å². The maximum absolute atomic E-state index is 3.86. The molecule has 0 spiro atoms. The molecule has 0 aliphatic heterocycles. The number of rotatable bonds is 4. The van der Waals surface area contributed by atoms with Crippen molar-refractivity contribution < 1.29 is 0 Å². The quantitative estimate of drug-likeness (QED) is 0.631. The molecule has 0 rings (SSSR count). The molecule has 1 nitrogen and oxygen atoms in total. The minimum Gasteiger partial charge on any atom is -0.389 e. The van der Waals surface area contributed by atoms with Gasteiger partial charge in [0.1, 0.15) is 0 Å². The lowest BCUT2D eigenvalue weighted by Gasteiger charge is -2.01. The van der Waals surface area contributed by atoms with E-state index in [2.05, 4.69) is 44.8 Å². The first-order valence-corrected chi connectivity index (χ1v) is 4.32. The minimum absolute atomic E-state index is 0.974. The normalized spacial score (nSPS) is 13.0. The van der Waals surface area contributed by atoms with E-state index in [0.29, 0.717) is 0 Å². The fraction of sp³-hybridized carbons (Fsp3) is 0.455. The molecule has 0 heterocycles. The van der Waals surface area contributed by atoms with E-state index in [-0.39, 0.29) is 0 Å². The Morgan fingerprint density at radius 3 is 2.25 bits per heavy atom. The lowest BCUT2D eigenvalue weighted by atomic mass is 10.1. The van der Waals surface area contributed by atoms with Crippen LogP contribution in [-0.4, -0.2) is 6.54 Å². The molecule has 0 fully saturated rings. The zero-order chi connectivity index (χ0) is 9.56. The Morgan fingerprint density at radius 2 is 1.83 bits per heavy atom. The predicted molar refractivity (Wildman–Crippen MR) is 56.0 cm³/mol. The summed E-state index contributed by atoms with van der Waals surface area (Å²) in [5, 5.41) is 3.23. The smallest absolute Gasteiger partial charge is 0.0115 e. The third kappa shape index (κ3) is 4.78. The fourth-order valence-corrected chi connectivity index (χ4v) is 0.730. The third-order valence-corrected chi connectivity index (χ3v) is 1.71. The first-order chi connectivity index (χ1) is 5.57. The van der Waals surface area contributed by atoms with Gasteiger partial charge in [-0.1, -0.05) is 18.2 Å². The average molecular weight is 165 g/mol. The Hall–Kier alpha value is -0.980. The van der Waals surface area contributed by atoms with Gasteiger partial charge in [-0.2, -0.15) is 0 Å². The molecule has 0 saturated carbocycles. The van der Waals surface area contributed by atoms with Gasteiger partial charge in [-0.3, -0.25) is 0 Å². The Labute approximate surface area is 75.9 Å². The summed E-state index contributed by atoms with van der Waals surface area (Å²) in [5.41, 5.74) is 3.54. The Morgan fingerprint density at radius 1 is 1.25 bits per heavy atom. The summed E-state index contributed by atoms with van der Waals surface area (Å²) in [5.74, 6) is 0. The molecule has 0 amide bonds. The van der Waals surface area contributed by atoms with Gasteiger partial charge in [-0.05, 0) is 39.3 Å². The van der Waals surface area contributed by atoms with Crippen LogP contribution in [0.4, 0.5) is 0 Å². The molecule has 0 bridgehead atoms. The molecule has 0 aliphatic rings. The molecular formula is C11H19N. The predicted octanol–water partition coefficient (Wildman–Crippen LogP) is 3.02. The van der Waals surface area contributed by atoms with Gasteiger partial charge in [-0.15, -0.1) is 0 Å². The van der Waals surface area contributed by atoms with Crippen LogP contribution in [0, 0.1) is 0 Å². The molecule has 0 radical (unpaired) electrons. The topological polar surface area (TPSA) is 12.0 Å². The summed E-state index contributed by atoms with van der Waals surface area (Å²) in [6.45, 7) is 13.1. The average Bonchev–Trinajstić information content (AvgIpc) is 2.00. The first kappa shape index (κ1) is 11.0. The van der Waals surface area contributed by atoms with Gasteiger partial charge in [0.2, 0.25) is 0 Å². The SMILES string of the molecule is C=C(C)/C(C)=C/C=C(\C)NCC. The third-order valence-electron chi connectivity index (χ3n) is 1.71. The second kappa shape index (κ2) is 5.64. The molecule has 1 N–H and O–H groups in total. The molecule has 0 aromatic rings. The van der Waals surface area contributed by atoms with Gasteiger partial charge < -0.3 is 5.32 Å². The standard InChI is InChI=1S/C11H19N/c1-6-12-11(5)8-7-10(4)9(2)3/h7-8,12H,2,6H2,1,3-5H3/b10-7+,11-8+. The van der Waals surface area contributed by atoms with Crippen LogP contribution in [0.1, 0.15) is 27.7 Å². The summed E-state index contributed by atoms with van der Waals surface area (Å²) < 4.78 is 0. The Kier molecular flexibility index (Phi) is 5.18. The van der Waals surface area contributed by atoms with Crippen molar-refractivity contribution in [2.24, 2.45) is 0 Å². The van der Waals surface area contributed by atoms with Crippen LogP contribution < -0.4 is 5.32 Å². The highest BCUT2D eigenvalue weighted by Gasteiger charge is 1.86. The van der Waals surface area contributed by atoms with Gasteiger partial charge in [0, 0.05) is 12.2 Å². The van der Waals surface area contributed by atoms with Crippen LogP contribution in [0.3, 0.4) is 0 Å². The van der Waals surface area contributed by atoms with Crippen molar-refractivity contribution in [3.63, 3.8) is 0 Å². The van der Waals surface area contributed by atoms with Crippen molar-refractivity contribution in [2.75, 3.05) is 6.54 Å². The molecule has 0 aromatic heterocycles. The summed E-state index contributed by atoms with van der Waals surface area (Å²) >= 11 is 0. The van der Waals surface area contributed by atoms with Crippen molar-refractivity contribution in [3.8, 4) is 0 Å². The first-order valence-electron chi connectivity index (χ1n) is 4.32. The molecule has 0 aromatic carbocycles. The van der Waals surface area contributed by atoms with Crippen LogP contribution in [0.5, 0.6) is 0 Å². The Balaban J connectivity index is 4.17. The number of allylic oxidation sites excluding steroid dienone is 5. The second-order valence-electron chi connectivity index (χ2n) is 3.01. The van der Waals surface area contributed by atoms with Crippen molar-refractivity contribution in [3.05, 3.63) is 35.6 Å². The largest absolute Gasteiger partial charge is 0.389 e. The summed E-state index contributed by atoms with van der Waals surface area (Å²) in [7, 11) is 0. The van der Waals surface area contributed by atoms with Crippen molar-refractivity contribution in [1.29, 1.82) is 0 Å². The van der Waals surface area contributed by atoms with Crippen LogP contribution in [-0.2, 0) is 0 Å². The summed E-state index contributed by atoms with van der Waals surface area (Å²) in [4.78, 5) is 0. The highest BCUT2D eigenvalue weighted by atomic mass is 14.8. The summed E-state index contributed by atoms with van der Waals surface area (Å²) in [6, 6.07) is 0. The minimum atomic E-state index is 0.974. The lowest BCUT2D eigenvalue weighted by Crippen LogP contribution is -2.08. The van der Waals surface area contributed by atoms with Gasteiger partial charge in [0.15, 0.2) is 0 Å².